The number of unbranched alkanes of at least 4 members (excludes halogenated alkanes) is 2. The lowest BCUT2D eigenvalue weighted by molar-refractivity contribution is -0.192. The molecule has 0 unspecified atom stereocenters. The number of pyridine rings is 1. The van der Waals surface area contributed by atoms with Gasteiger partial charge in [0.25, 0.3) is 0 Å². The number of aliphatic hydroxyl groups is 1. The lowest BCUT2D eigenvalue weighted by atomic mass is 9.99. The van der Waals surface area contributed by atoms with E-state index in [2.05, 4.69) is 84.1 Å². The number of phenolic OH excluding ortho intramolecular Hbond substituents is 1. The minimum atomic E-state index is -5.08. The second kappa shape index (κ2) is 50.8. The number of nitrogens with two attached hydrogens (primary N) is 1. The average molecular weight is 1680 g/mol. The number of aromatic hydroxyl groups is 1. The zero-order valence-corrected chi connectivity index (χ0v) is 69.0. The molecule has 1 aromatic heterocycles. The molecule has 1 fully saturated rings. The summed E-state index contributed by atoms with van der Waals surface area (Å²) in [4.78, 5) is 181. The van der Waals surface area contributed by atoms with Gasteiger partial charge in [0.2, 0.25) is 65.0 Å². The molecule has 119 heavy (non-hydrogen) atoms. The summed E-state index contributed by atoms with van der Waals surface area (Å²) in [5.74, 6) is -10.5. The fourth-order valence-electron chi connectivity index (χ4n) is 12.7. The smallest absolute Gasteiger partial charge is 0.490 e. The van der Waals surface area contributed by atoms with Crippen molar-refractivity contribution in [2.75, 3.05) is 52.4 Å². The number of hydrogen-bond acceptors (Lipinski definition) is 17. The molecular weight excluding hydrogens is 1570 g/mol. The van der Waals surface area contributed by atoms with Crippen LogP contribution in [0.1, 0.15) is 135 Å². The average Bonchev–Trinajstić information content (AvgIpc) is 1.77. The minimum Gasteiger partial charge on any atom is -0.508 e. The van der Waals surface area contributed by atoms with Gasteiger partial charge in [0.05, 0.1) is 6.61 Å². The first kappa shape index (κ1) is 97.9. The van der Waals surface area contributed by atoms with E-state index in [9.17, 15) is 66.5 Å². The number of benzene rings is 4. The molecule has 10 atom stereocenters. The number of nitrogens with one attached hydrogen (secondary N) is 13. The predicted molar refractivity (Wildman–Crippen MR) is 442 cm³/mol. The number of aliphatic carboxylic acids is 1. The van der Waals surface area contributed by atoms with Crippen LogP contribution in [0.2, 0.25) is 5.02 Å². The molecular formula is C82H114ClF3N18O15. The number of phenols is 1. The van der Waals surface area contributed by atoms with Gasteiger partial charge in [0, 0.05) is 95.8 Å². The molecule has 5 aromatic rings. The van der Waals surface area contributed by atoms with Gasteiger partial charge in [-0.2, -0.15) is 13.2 Å². The molecule has 0 spiro atoms. The van der Waals surface area contributed by atoms with Crippen molar-refractivity contribution in [1.29, 1.82) is 0 Å². The summed E-state index contributed by atoms with van der Waals surface area (Å²) in [6, 6.07) is 15.3. The number of carboxylic acids is 1. The molecule has 1 aliphatic heterocycles. The molecule has 0 bridgehead atoms. The molecule has 0 aliphatic carbocycles. The summed E-state index contributed by atoms with van der Waals surface area (Å²) in [5, 5.41) is 68.1. The van der Waals surface area contributed by atoms with Crippen molar-refractivity contribution < 1.29 is 86.0 Å². The summed E-state index contributed by atoms with van der Waals surface area (Å²) < 4.78 is 31.7. The number of primary amides is 1. The minimum absolute atomic E-state index is 0.0365. The molecule has 11 amide bonds. The Balaban J connectivity index is 0.00000344. The fraction of sp³-hybridized carbons (Fsp3) is 0.500. The van der Waals surface area contributed by atoms with Crippen molar-refractivity contribution in [2.24, 2.45) is 21.6 Å². The first-order valence-corrected chi connectivity index (χ1v) is 40.2. The second-order valence-electron chi connectivity index (χ2n) is 28.8. The topological polar surface area (TPSA) is 489 Å². The zero-order chi connectivity index (χ0) is 87.7. The summed E-state index contributed by atoms with van der Waals surface area (Å²) >= 11 is 6.26. The molecule has 2 heterocycles. The van der Waals surface area contributed by atoms with E-state index in [0.717, 1.165) is 10.8 Å². The standard InChI is InChI=1S/C80H113ClN18O13.C2HF3O2/c1-9-84-79(85-10-2)88-38-17-15-24-60(70(104)94-62(41-49(5)6)71(105)93-61(25-16-18-39-89-80(86-11-3)87-12-4)78(112)99-40-20-26-68(99)77(111)90-50(7)69(82)103)92-73(107)64(44-53-30-35-59(102)36-31-53)97-76(110)67(48-100)98-75(109)66(46-55-21-19-37-83-47-55)96-74(108)65(43-52-28-33-58(81)34-29-52)95-72(106)63(91-51(8)101)45-54-27-32-56-22-13-14-23-57(56)42-54;3-2(4,5)1(6)7/h13-14,19,21-23,27-37,42,47,49-50,60-68,100,102H,9-12,15-18,20,24-26,38-41,43-46,48H2,1-8H3,(H2,82,103)(H,90,111)(H,91,101)(H,92,107)(H,93,105)(H,94,104)(H,95,106)(H,96,108)(H,97,110)(H,98,109)(H2,84,85,88)(H2,86,87,89);(H,6,7)/t50-,60-,61+,62-,63-,64+,65-,66-,67+,68+;/m1./s1. The van der Waals surface area contributed by atoms with Crippen LogP contribution < -0.4 is 74.9 Å². The van der Waals surface area contributed by atoms with Gasteiger partial charge in [0.15, 0.2) is 11.9 Å². The van der Waals surface area contributed by atoms with E-state index >= 15 is 9.59 Å². The first-order valence-electron chi connectivity index (χ1n) is 39.8. The number of aliphatic imine (C=N–C) groups is 2. The van der Waals surface area contributed by atoms with Crippen LogP contribution in [0.4, 0.5) is 13.2 Å². The van der Waals surface area contributed by atoms with Crippen LogP contribution in [-0.4, -0.2) is 227 Å². The molecule has 0 radical (unpaired) electrons. The largest absolute Gasteiger partial charge is 0.508 e. The van der Waals surface area contributed by atoms with Crippen LogP contribution in [0.15, 0.2) is 126 Å². The number of carbonyl (C=O) groups is 12. The Morgan fingerprint density at radius 1 is 0.538 bits per heavy atom. The van der Waals surface area contributed by atoms with Crippen molar-refractivity contribution in [3.8, 4) is 5.75 Å². The Morgan fingerprint density at radius 2 is 0.966 bits per heavy atom. The molecule has 37 heteroatoms. The highest BCUT2D eigenvalue weighted by molar-refractivity contribution is 6.30. The number of carbonyl (C=O) groups excluding carboxylic acids is 11. The fourth-order valence-corrected chi connectivity index (χ4v) is 12.8. The van der Waals surface area contributed by atoms with E-state index in [1.165, 1.54) is 55.4 Å². The Morgan fingerprint density at radius 3 is 1.45 bits per heavy atom. The van der Waals surface area contributed by atoms with E-state index < -0.39 is 144 Å². The first-order chi connectivity index (χ1) is 56.7. The van der Waals surface area contributed by atoms with Crippen LogP contribution in [0, 0.1) is 5.92 Å². The summed E-state index contributed by atoms with van der Waals surface area (Å²) in [6.45, 7) is 16.3. The Bertz CT molecular complexity index is 4210. The van der Waals surface area contributed by atoms with E-state index in [-0.39, 0.29) is 76.0 Å². The highest BCUT2D eigenvalue weighted by atomic mass is 35.5. The van der Waals surface area contributed by atoms with Crippen LogP contribution in [0.25, 0.3) is 10.8 Å². The summed E-state index contributed by atoms with van der Waals surface area (Å²) in [5.41, 5.74) is 7.61. The van der Waals surface area contributed by atoms with Gasteiger partial charge >= 0.3 is 12.1 Å². The third-order valence-electron chi connectivity index (χ3n) is 18.7. The summed E-state index contributed by atoms with van der Waals surface area (Å²) in [7, 11) is 0. The van der Waals surface area contributed by atoms with Gasteiger partial charge in [0.1, 0.15) is 66.2 Å². The number of amides is 11. The number of nitrogens with zero attached hydrogens (tertiary/aromatic N) is 4. The van der Waals surface area contributed by atoms with Crippen LogP contribution in [-0.2, 0) is 83.2 Å². The van der Waals surface area contributed by atoms with E-state index in [4.69, 9.17) is 27.2 Å². The van der Waals surface area contributed by atoms with Crippen molar-refractivity contribution in [3.05, 3.63) is 143 Å². The van der Waals surface area contributed by atoms with Crippen LogP contribution in [0.3, 0.4) is 0 Å². The maximum absolute atomic E-state index is 15.2. The lowest BCUT2D eigenvalue weighted by Gasteiger charge is -2.31. The molecule has 6 rings (SSSR count). The maximum atomic E-state index is 15.2. The van der Waals surface area contributed by atoms with Crippen molar-refractivity contribution in [3.63, 3.8) is 0 Å². The Hall–Kier alpha value is -11.7. The van der Waals surface area contributed by atoms with Gasteiger partial charge in [-0.3, -0.25) is 67.7 Å². The molecule has 4 aromatic carbocycles. The SMILES string of the molecule is CCNC(=NCCCC[C@H](NC(=O)[C@@H](CC(C)C)NC(=O)[C@@H](CCCCN=C(NCC)NCC)NC(=O)[C@H](Cc1ccc(O)cc1)NC(=O)[C@H](CO)NC(=O)[C@@H](Cc1cccnc1)NC(=O)[C@@H](Cc1ccc(Cl)cc1)NC(=O)[C@@H](Cc1ccc2ccccc2c1)NC(C)=O)C(=O)N1CCC[C@H]1C(=O)N[C@H](C)C(N)=O)NCC.O=C(O)C(F)(F)F. The number of carboxylic acid groups (broad SMARTS) is 1. The molecule has 650 valence electrons. The number of likely N-dealkylation sites (tertiary alicyclic amines) is 1. The van der Waals surface area contributed by atoms with Gasteiger partial charge in [-0.15, -0.1) is 0 Å². The maximum Gasteiger partial charge on any atom is 0.490 e. The van der Waals surface area contributed by atoms with Crippen molar-refractivity contribution in [1.82, 2.24) is 79.0 Å². The summed E-state index contributed by atoms with van der Waals surface area (Å²) in [6.07, 6.45) is -0.316. The third-order valence-corrected chi connectivity index (χ3v) is 19.0. The number of halogens is 4. The van der Waals surface area contributed by atoms with E-state index in [1.807, 2.05) is 84.0 Å². The number of hydrogen-bond donors (Lipinski definition) is 17. The highest BCUT2D eigenvalue weighted by Crippen LogP contribution is 2.23. The van der Waals surface area contributed by atoms with Gasteiger partial charge in [-0.25, -0.2) is 4.79 Å². The number of aliphatic hydroxyl groups excluding tert-OH is 1. The molecule has 1 aliphatic rings. The van der Waals surface area contributed by atoms with Gasteiger partial charge < -0.3 is 95.1 Å². The van der Waals surface area contributed by atoms with Crippen molar-refractivity contribution >= 4 is 105 Å². The van der Waals surface area contributed by atoms with Crippen LogP contribution in [0.5, 0.6) is 5.75 Å². The molecule has 18 N–H and O–H groups in total. The van der Waals surface area contributed by atoms with Crippen molar-refractivity contribution in [2.45, 2.75) is 205 Å². The molecule has 0 saturated carbocycles. The monoisotopic (exact) mass is 1680 g/mol. The Labute approximate surface area is 695 Å². The van der Waals surface area contributed by atoms with Crippen LogP contribution >= 0.6 is 11.6 Å². The third kappa shape index (κ3) is 34.8. The number of rotatable bonds is 44. The molecule has 33 nitrogen and oxygen atoms in total. The van der Waals surface area contributed by atoms with E-state index in [1.54, 1.807) is 36.4 Å². The Kier molecular flexibility index (Phi) is 41.8. The van der Waals surface area contributed by atoms with E-state index in [0.29, 0.717) is 104 Å². The molecule has 1 saturated heterocycles. The number of fused-ring (bicyclic) bond motifs is 1. The van der Waals surface area contributed by atoms with Gasteiger partial charge in [-0.05, 0) is 162 Å². The number of alkyl halides is 3. The number of guanidine groups is 2. The quantitative estimate of drug-likeness (QED) is 0.0151. The zero-order valence-electron chi connectivity index (χ0n) is 68.3. The highest BCUT2D eigenvalue weighted by Gasteiger charge is 2.41. The normalized spacial score (nSPS) is 14.6. The predicted octanol–water partition coefficient (Wildman–Crippen LogP) is 2.91. The number of aromatic nitrogens is 1. The van der Waals surface area contributed by atoms with Gasteiger partial charge in [-0.1, -0.05) is 98.2 Å². The lowest BCUT2D eigenvalue weighted by Crippen LogP contribution is -2.61. The second-order valence-corrected chi connectivity index (χ2v) is 29.3.